The van der Waals surface area contributed by atoms with Crippen LogP contribution >= 0.6 is 0 Å². The highest BCUT2D eigenvalue weighted by Gasteiger charge is 2.32. The second kappa shape index (κ2) is 5.50. The lowest BCUT2D eigenvalue weighted by molar-refractivity contribution is 0.100. The minimum absolute atomic E-state index is 0.382. The van der Waals surface area contributed by atoms with Crippen molar-refractivity contribution in [1.82, 2.24) is 4.90 Å². The summed E-state index contributed by atoms with van der Waals surface area (Å²) in [5.41, 5.74) is 12.8. The Bertz CT molecular complexity index is 412. The molecule has 4 N–H and O–H groups in total. The van der Waals surface area contributed by atoms with E-state index < -0.39 is 0 Å². The van der Waals surface area contributed by atoms with Gasteiger partial charge in [0, 0.05) is 24.7 Å². The highest BCUT2D eigenvalue weighted by molar-refractivity contribution is 5.92. The smallest absolute Gasteiger partial charge is 0.248 e. The van der Waals surface area contributed by atoms with Gasteiger partial charge in [0.2, 0.25) is 5.91 Å². The lowest BCUT2D eigenvalue weighted by Crippen LogP contribution is -2.39. The van der Waals surface area contributed by atoms with E-state index >= 15 is 0 Å². The molecule has 1 unspecified atom stereocenters. The van der Waals surface area contributed by atoms with Gasteiger partial charge < -0.3 is 11.5 Å². The van der Waals surface area contributed by atoms with Gasteiger partial charge in [-0.25, -0.2) is 0 Å². The molecule has 18 heavy (non-hydrogen) atoms. The Kier molecular flexibility index (Phi) is 3.99. The highest BCUT2D eigenvalue weighted by atomic mass is 16.1. The molecule has 1 amide bonds. The van der Waals surface area contributed by atoms with E-state index in [9.17, 15) is 4.79 Å². The zero-order valence-corrected chi connectivity index (χ0v) is 10.8. The maximum Gasteiger partial charge on any atom is 0.248 e. The summed E-state index contributed by atoms with van der Waals surface area (Å²) in [6, 6.07) is 7.94. The van der Waals surface area contributed by atoms with Crippen LogP contribution in [0, 0.1) is 5.92 Å². The lowest BCUT2D eigenvalue weighted by Gasteiger charge is -2.27. The Hall–Kier alpha value is -1.39. The first kappa shape index (κ1) is 13.1. The second-order valence-corrected chi connectivity index (χ2v) is 5.12. The molecule has 0 radical (unpaired) electrons. The molecule has 0 spiro atoms. The van der Waals surface area contributed by atoms with Crippen LogP contribution in [0.4, 0.5) is 0 Å². The summed E-state index contributed by atoms with van der Waals surface area (Å²) in [5, 5.41) is 0. The predicted octanol–water partition coefficient (Wildman–Crippen LogP) is 0.955. The third-order valence-corrected chi connectivity index (χ3v) is 3.64. The summed E-state index contributed by atoms with van der Waals surface area (Å²) in [7, 11) is 2.11. The number of benzene rings is 1. The van der Waals surface area contributed by atoms with Crippen molar-refractivity contribution in [3.05, 3.63) is 35.4 Å². The molecule has 1 aromatic carbocycles. The second-order valence-electron chi connectivity index (χ2n) is 5.12. The number of nitrogens with zero attached hydrogens (tertiary/aromatic N) is 1. The van der Waals surface area contributed by atoms with Crippen molar-refractivity contribution in [1.29, 1.82) is 0 Å². The lowest BCUT2D eigenvalue weighted by atomic mass is 10.1. The number of amides is 1. The van der Waals surface area contributed by atoms with Crippen molar-refractivity contribution >= 4 is 5.91 Å². The first-order valence-corrected chi connectivity index (χ1v) is 6.41. The summed E-state index contributed by atoms with van der Waals surface area (Å²) in [5.74, 6) is 0.387. The fourth-order valence-corrected chi connectivity index (χ4v) is 2.39. The van der Waals surface area contributed by atoms with Crippen molar-refractivity contribution in [2.75, 3.05) is 13.6 Å². The molecule has 0 heterocycles. The molecule has 1 aromatic rings. The van der Waals surface area contributed by atoms with E-state index in [1.807, 2.05) is 12.1 Å². The van der Waals surface area contributed by atoms with Gasteiger partial charge in [0.15, 0.2) is 0 Å². The molecule has 1 aliphatic rings. The summed E-state index contributed by atoms with van der Waals surface area (Å²) in [6.07, 6.45) is 2.60. The first-order chi connectivity index (χ1) is 8.61. The molecule has 0 saturated heterocycles. The molecule has 98 valence electrons. The van der Waals surface area contributed by atoms with Gasteiger partial charge in [-0.3, -0.25) is 9.69 Å². The zero-order valence-electron chi connectivity index (χ0n) is 10.8. The monoisotopic (exact) mass is 247 g/mol. The van der Waals surface area contributed by atoms with E-state index in [0.29, 0.717) is 18.2 Å². The predicted molar refractivity (Wildman–Crippen MR) is 72.0 cm³/mol. The van der Waals surface area contributed by atoms with E-state index in [1.54, 1.807) is 12.1 Å². The molecule has 1 atom stereocenters. The Balaban J connectivity index is 1.97. The van der Waals surface area contributed by atoms with Gasteiger partial charge in [-0.1, -0.05) is 12.1 Å². The van der Waals surface area contributed by atoms with Gasteiger partial charge in [0.25, 0.3) is 0 Å². The average molecular weight is 247 g/mol. The van der Waals surface area contributed by atoms with Crippen molar-refractivity contribution in [3.8, 4) is 0 Å². The van der Waals surface area contributed by atoms with Gasteiger partial charge in [-0.2, -0.15) is 0 Å². The van der Waals surface area contributed by atoms with Gasteiger partial charge in [0.05, 0.1) is 0 Å². The Morgan fingerprint density at radius 2 is 2.00 bits per heavy atom. The SMILES string of the molecule is CN(Cc1ccc(C(N)=O)cc1)C(CN)C1CC1. The van der Waals surface area contributed by atoms with Crippen molar-refractivity contribution in [2.45, 2.75) is 25.4 Å². The fourth-order valence-electron chi connectivity index (χ4n) is 2.39. The fraction of sp³-hybridized carbons (Fsp3) is 0.500. The van der Waals surface area contributed by atoms with Crippen LogP contribution in [0.15, 0.2) is 24.3 Å². The third kappa shape index (κ3) is 3.09. The van der Waals surface area contributed by atoms with E-state index in [4.69, 9.17) is 11.5 Å². The van der Waals surface area contributed by atoms with Crippen molar-refractivity contribution in [2.24, 2.45) is 17.4 Å². The number of carbonyl (C=O) groups is 1. The normalized spacial score (nSPS) is 16.8. The number of hydrogen-bond donors (Lipinski definition) is 2. The first-order valence-electron chi connectivity index (χ1n) is 6.41. The molecule has 4 nitrogen and oxygen atoms in total. The third-order valence-electron chi connectivity index (χ3n) is 3.64. The topological polar surface area (TPSA) is 72.3 Å². The summed E-state index contributed by atoms with van der Waals surface area (Å²) in [6.45, 7) is 1.57. The highest BCUT2D eigenvalue weighted by Crippen LogP contribution is 2.34. The van der Waals surface area contributed by atoms with Crippen LogP contribution < -0.4 is 11.5 Å². The number of primary amides is 1. The van der Waals surface area contributed by atoms with Crippen LogP contribution in [0.5, 0.6) is 0 Å². The summed E-state index contributed by atoms with van der Waals surface area (Å²) >= 11 is 0. The zero-order chi connectivity index (χ0) is 13.1. The van der Waals surface area contributed by atoms with E-state index in [2.05, 4.69) is 11.9 Å². The number of carbonyl (C=O) groups excluding carboxylic acids is 1. The molecular weight excluding hydrogens is 226 g/mol. The van der Waals surface area contributed by atoms with Gasteiger partial charge in [-0.15, -0.1) is 0 Å². The van der Waals surface area contributed by atoms with Gasteiger partial charge in [-0.05, 0) is 43.5 Å². The van der Waals surface area contributed by atoms with E-state index in [1.165, 1.54) is 18.4 Å². The van der Waals surface area contributed by atoms with Crippen molar-refractivity contribution < 1.29 is 4.79 Å². The Morgan fingerprint density at radius 3 is 2.44 bits per heavy atom. The average Bonchev–Trinajstić information content (AvgIpc) is 3.15. The summed E-state index contributed by atoms with van der Waals surface area (Å²) < 4.78 is 0. The standard InChI is InChI=1S/C14H21N3O/c1-17(13(8-15)11-6-7-11)9-10-2-4-12(5-3-10)14(16)18/h2-5,11,13H,6-9,15H2,1H3,(H2,16,18). The minimum atomic E-state index is -0.382. The van der Waals surface area contributed by atoms with Crippen molar-refractivity contribution in [3.63, 3.8) is 0 Å². The van der Waals surface area contributed by atoms with Crippen LogP contribution in [-0.4, -0.2) is 30.4 Å². The molecular formula is C14H21N3O. The van der Waals surface area contributed by atoms with Crippen LogP contribution in [-0.2, 0) is 6.54 Å². The molecule has 4 heteroatoms. The van der Waals surface area contributed by atoms with Crippen LogP contribution in [0.25, 0.3) is 0 Å². The Morgan fingerprint density at radius 1 is 1.39 bits per heavy atom. The maximum absolute atomic E-state index is 11.0. The molecule has 0 bridgehead atoms. The summed E-state index contributed by atoms with van der Waals surface area (Å²) in [4.78, 5) is 13.3. The quantitative estimate of drug-likeness (QED) is 0.786. The molecule has 1 fully saturated rings. The number of nitrogens with two attached hydrogens (primary N) is 2. The van der Waals surface area contributed by atoms with Crippen LogP contribution in [0.1, 0.15) is 28.8 Å². The van der Waals surface area contributed by atoms with Crippen LogP contribution in [0.2, 0.25) is 0 Å². The largest absolute Gasteiger partial charge is 0.366 e. The van der Waals surface area contributed by atoms with E-state index in [-0.39, 0.29) is 5.91 Å². The van der Waals surface area contributed by atoms with E-state index in [0.717, 1.165) is 12.5 Å². The molecule has 0 aromatic heterocycles. The maximum atomic E-state index is 11.0. The molecule has 0 aliphatic heterocycles. The molecule has 1 aliphatic carbocycles. The Labute approximate surface area is 108 Å². The van der Waals surface area contributed by atoms with Gasteiger partial charge in [0.1, 0.15) is 0 Å². The molecule has 1 saturated carbocycles. The van der Waals surface area contributed by atoms with Crippen LogP contribution in [0.3, 0.4) is 0 Å². The number of rotatable bonds is 6. The molecule has 2 rings (SSSR count). The number of hydrogen-bond acceptors (Lipinski definition) is 3. The minimum Gasteiger partial charge on any atom is -0.366 e. The van der Waals surface area contributed by atoms with Gasteiger partial charge >= 0.3 is 0 Å². The number of likely N-dealkylation sites (N-methyl/N-ethyl adjacent to an activating group) is 1.